The number of aliphatic carboxylic acids is 1. The van der Waals surface area contributed by atoms with E-state index in [0.29, 0.717) is 6.61 Å². The fraction of sp³-hybridized carbons (Fsp3) is 0.857. The number of carboxylic acids is 1. The lowest BCUT2D eigenvalue weighted by atomic mass is 10.3. The van der Waals surface area contributed by atoms with E-state index in [1.54, 1.807) is 0 Å². The quantitative estimate of drug-likeness (QED) is 0.686. The number of carbonyl (C=O) groups is 1. The summed E-state index contributed by atoms with van der Waals surface area (Å²) in [5, 5.41) is 15.3. The highest BCUT2D eigenvalue weighted by atomic mass is 19.4. The summed E-state index contributed by atoms with van der Waals surface area (Å²) >= 11 is 0. The number of halogens is 3. The van der Waals surface area contributed by atoms with Gasteiger partial charge in [-0.2, -0.15) is 13.2 Å². The molecule has 0 fully saturated rings. The van der Waals surface area contributed by atoms with E-state index in [0.717, 1.165) is 12.8 Å². The lowest BCUT2D eigenvalue weighted by Gasteiger charge is -1.93. The highest BCUT2D eigenvalue weighted by molar-refractivity contribution is 5.73. The lowest BCUT2D eigenvalue weighted by Crippen LogP contribution is -2.21. The number of aliphatic hydroxyl groups is 1. The molecule has 0 aromatic rings. The van der Waals surface area contributed by atoms with Gasteiger partial charge in [0.2, 0.25) is 0 Å². The summed E-state index contributed by atoms with van der Waals surface area (Å²) in [4.78, 5) is 8.90. The van der Waals surface area contributed by atoms with Crippen LogP contribution in [0, 0.1) is 0 Å². The van der Waals surface area contributed by atoms with Gasteiger partial charge in [-0.25, -0.2) is 4.79 Å². The third-order valence-corrected chi connectivity index (χ3v) is 1.00. The van der Waals surface area contributed by atoms with E-state index in [1.807, 2.05) is 0 Å². The molecule has 0 aliphatic rings. The summed E-state index contributed by atoms with van der Waals surface area (Å²) in [6.07, 6.45) is -1.76. The molecular formula is C7H13F3O3. The van der Waals surface area contributed by atoms with Crippen LogP contribution < -0.4 is 0 Å². The Kier molecular flexibility index (Phi) is 8.89. The van der Waals surface area contributed by atoms with Gasteiger partial charge in [-0.05, 0) is 6.42 Å². The van der Waals surface area contributed by atoms with Gasteiger partial charge >= 0.3 is 12.1 Å². The van der Waals surface area contributed by atoms with Crippen LogP contribution in [-0.2, 0) is 4.79 Å². The zero-order chi connectivity index (χ0) is 10.9. The number of alkyl halides is 3. The van der Waals surface area contributed by atoms with Gasteiger partial charge in [-0.3, -0.25) is 0 Å². The molecule has 0 saturated carbocycles. The summed E-state index contributed by atoms with van der Waals surface area (Å²) in [7, 11) is 0. The number of aliphatic hydroxyl groups excluding tert-OH is 1. The summed E-state index contributed by atoms with van der Waals surface area (Å²) in [6, 6.07) is 0. The molecule has 13 heavy (non-hydrogen) atoms. The molecule has 0 radical (unpaired) electrons. The van der Waals surface area contributed by atoms with Gasteiger partial charge in [0.25, 0.3) is 0 Å². The van der Waals surface area contributed by atoms with E-state index in [1.165, 1.54) is 6.42 Å². The van der Waals surface area contributed by atoms with Gasteiger partial charge in [0, 0.05) is 6.61 Å². The Labute approximate surface area is 74.2 Å². The summed E-state index contributed by atoms with van der Waals surface area (Å²) in [5.74, 6) is -2.76. The second-order valence-corrected chi connectivity index (χ2v) is 2.23. The van der Waals surface area contributed by atoms with Gasteiger partial charge in [-0.1, -0.05) is 19.8 Å². The zero-order valence-electron chi connectivity index (χ0n) is 7.26. The molecule has 0 atom stereocenters. The normalized spacial score (nSPS) is 10.2. The summed E-state index contributed by atoms with van der Waals surface area (Å²) < 4.78 is 31.7. The molecular weight excluding hydrogens is 189 g/mol. The van der Waals surface area contributed by atoms with Crippen molar-refractivity contribution in [2.45, 2.75) is 32.4 Å². The maximum absolute atomic E-state index is 10.6. The maximum Gasteiger partial charge on any atom is 0.490 e. The van der Waals surface area contributed by atoms with Crippen LogP contribution in [0.15, 0.2) is 0 Å². The minimum Gasteiger partial charge on any atom is -0.475 e. The highest BCUT2D eigenvalue weighted by Gasteiger charge is 2.38. The Morgan fingerprint density at radius 2 is 1.69 bits per heavy atom. The van der Waals surface area contributed by atoms with Crippen molar-refractivity contribution >= 4 is 5.97 Å². The minimum atomic E-state index is -5.08. The molecule has 0 aromatic heterocycles. The number of carboxylic acid groups (broad SMARTS) is 1. The first-order chi connectivity index (χ1) is 5.86. The Bertz CT molecular complexity index is 129. The summed E-state index contributed by atoms with van der Waals surface area (Å²) in [5.41, 5.74) is 0. The average molecular weight is 202 g/mol. The molecule has 0 amide bonds. The first kappa shape index (κ1) is 14.7. The molecule has 0 aromatic carbocycles. The zero-order valence-corrected chi connectivity index (χ0v) is 7.26. The van der Waals surface area contributed by atoms with Crippen molar-refractivity contribution in [2.24, 2.45) is 0 Å². The smallest absolute Gasteiger partial charge is 0.475 e. The average Bonchev–Trinajstić information content (AvgIpc) is 2.00. The Hall–Kier alpha value is -0.780. The van der Waals surface area contributed by atoms with Crippen LogP contribution in [0.4, 0.5) is 13.2 Å². The van der Waals surface area contributed by atoms with E-state index < -0.39 is 12.1 Å². The second kappa shape index (κ2) is 7.85. The second-order valence-electron chi connectivity index (χ2n) is 2.23. The molecule has 80 valence electrons. The van der Waals surface area contributed by atoms with Gasteiger partial charge in [-0.15, -0.1) is 0 Å². The molecule has 0 rings (SSSR count). The van der Waals surface area contributed by atoms with Crippen LogP contribution in [0.5, 0.6) is 0 Å². The maximum atomic E-state index is 10.6. The number of hydrogen-bond acceptors (Lipinski definition) is 2. The Morgan fingerprint density at radius 1 is 1.31 bits per heavy atom. The van der Waals surface area contributed by atoms with Crippen LogP contribution in [0.2, 0.25) is 0 Å². The number of rotatable bonds is 3. The largest absolute Gasteiger partial charge is 0.490 e. The van der Waals surface area contributed by atoms with E-state index in [2.05, 4.69) is 6.92 Å². The predicted octanol–water partition coefficient (Wildman–Crippen LogP) is 1.80. The first-order valence-corrected chi connectivity index (χ1v) is 3.77. The predicted molar refractivity (Wildman–Crippen MR) is 40.3 cm³/mol. The van der Waals surface area contributed by atoms with E-state index in [-0.39, 0.29) is 0 Å². The van der Waals surface area contributed by atoms with Gasteiger partial charge in [0.1, 0.15) is 0 Å². The van der Waals surface area contributed by atoms with Crippen molar-refractivity contribution in [3.8, 4) is 0 Å². The minimum absolute atomic E-state index is 0.355. The molecule has 2 N–H and O–H groups in total. The van der Waals surface area contributed by atoms with Gasteiger partial charge < -0.3 is 10.2 Å². The van der Waals surface area contributed by atoms with Gasteiger partial charge in [0.05, 0.1) is 0 Å². The first-order valence-electron chi connectivity index (χ1n) is 3.77. The highest BCUT2D eigenvalue weighted by Crippen LogP contribution is 2.13. The van der Waals surface area contributed by atoms with Crippen molar-refractivity contribution in [2.75, 3.05) is 6.61 Å². The molecule has 0 bridgehead atoms. The van der Waals surface area contributed by atoms with Crippen molar-refractivity contribution in [3.05, 3.63) is 0 Å². The Morgan fingerprint density at radius 3 is 1.77 bits per heavy atom. The standard InChI is InChI=1S/C5H12O.C2HF3O2/c1-2-3-4-5-6;3-2(4,5)1(6)7/h6H,2-5H2,1H3;(H,6,7). The third kappa shape index (κ3) is 14.1. The van der Waals surface area contributed by atoms with Crippen LogP contribution in [0.25, 0.3) is 0 Å². The molecule has 0 spiro atoms. The van der Waals surface area contributed by atoms with E-state index in [9.17, 15) is 13.2 Å². The van der Waals surface area contributed by atoms with E-state index in [4.69, 9.17) is 15.0 Å². The third-order valence-electron chi connectivity index (χ3n) is 1.00. The van der Waals surface area contributed by atoms with Crippen LogP contribution in [0.1, 0.15) is 26.2 Å². The number of unbranched alkanes of at least 4 members (excludes halogenated alkanes) is 2. The van der Waals surface area contributed by atoms with Crippen molar-refractivity contribution in [3.63, 3.8) is 0 Å². The topological polar surface area (TPSA) is 57.5 Å². The van der Waals surface area contributed by atoms with Crippen molar-refractivity contribution < 1.29 is 28.2 Å². The fourth-order valence-electron chi connectivity index (χ4n) is 0.362. The molecule has 0 heterocycles. The molecule has 0 saturated heterocycles. The monoisotopic (exact) mass is 202 g/mol. The molecule has 6 heteroatoms. The van der Waals surface area contributed by atoms with Gasteiger partial charge in [0.15, 0.2) is 0 Å². The van der Waals surface area contributed by atoms with Crippen LogP contribution in [0.3, 0.4) is 0 Å². The SMILES string of the molecule is CCCCCO.O=C(O)C(F)(F)F. The van der Waals surface area contributed by atoms with Crippen molar-refractivity contribution in [1.82, 2.24) is 0 Å². The van der Waals surface area contributed by atoms with E-state index >= 15 is 0 Å². The fourth-order valence-corrected chi connectivity index (χ4v) is 0.362. The number of hydrogen-bond donors (Lipinski definition) is 2. The Balaban J connectivity index is 0. The molecule has 3 nitrogen and oxygen atoms in total. The lowest BCUT2D eigenvalue weighted by molar-refractivity contribution is -0.192. The van der Waals surface area contributed by atoms with Crippen LogP contribution >= 0.6 is 0 Å². The van der Waals surface area contributed by atoms with Crippen molar-refractivity contribution in [1.29, 1.82) is 0 Å². The molecule has 0 aliphatic heterocycles. The molecule has 0 aliphatic carbocycles. The summed E-state index contributed by atoms with van der Waals surface area (Å²) in [6.45, 7) is 2.48. The molecule has 0 unspecified atom stereocenters. The van der Waals surface area contributed by atoms with Crippen LogP contribution in [-0.4, -0.2) is 29.0 Å².